The van der Waals surface area contributed by atoms with Crippen LogP contribution in [-0.2, 0) is 14.4 Å². The molecule has 0 heterocycles. The van der Waals surface area contributed by atoms with Crippen molar-refractivity contribution < 1.29 is 29.1 Å². The summed E-state index contributed by atoms with van der Waals surface area (Å²) in [5.41, 5.74) is 0.998. The molecule has 2 aromatic rings. The summed E-state index contributed by atoms with van der Waals surface area (Å²) in [4.78, 5) is 41.4. The zero-order valence-corrected chi connectivity index (χ0v) is 18.8. The van der Waals surface area contributed by atoms with Crippen LogP contribution in [-0.4, -0.2) is 53.3 Å². The number of rotatable bonds is 11. The van der Waals surface area contributed by atoms with E-state index in [1.807, 2.05) is 24.3 Å². The van der Waals surface area contributed by atoms with Gasteiger partial charge in [0.15, 0.2) is 0 Å². The van der Waals surface area contributed by atoms with E-state index in [2.05, 4.69) is 9.99 Å². The SMILES string of the molecule is CC(=O)ON=C(C)C(=O)c1ccc(Sc2ccc(C(=O)OCCSCCO)cc2)cc1. The standard InChI is InChI=1S/C22H23NO6S2/c1-15(23-29-16(2)25)21(26)17-3-7-19(8-4-17)31-20-9-5-18(6-10-20)22(27)28-12-14-30-13-11-24/h3-10,24H,11-14H2,1-2H3. The number of esters is 1. The summed E-state index contributed by atoms with van der Waals surface area (Å²) in [5.74, 6) is -0.0195. The summed E-state index contributed by atoms with van der Waals surface area (Å²) >= 11 is 3.01. The van der Waals surface area contributed by atoms with Gasteiger partial charge in [0.05, 0.1) is 12.2 Å². The van der Waals surface area contributed by atoms with E-state index in [1.165, 1.54) is 37.4 Å². The summed E-state index contributed by atoms with van der Waals surface area (Å²) < 4.78 is 5.20. The molecule has 0 saturated heterocycles. The Morgan fingerprint density at radius 1 is 0.903 bits per heavy atom. The average Bonchev–Trinajstić information content (AvgIpc) is 2.77. The van der Waals surface area contributed by atoms with Crippen molar-refractivity contribution in [1.82, 2.24) is 0 Å². The molecule has 9 heteroatoms. The number of ether oxygens (including phenoxy) is 1. The van der Waals surface area contributed by atoms with Gasteiger partial charge < -0.3 is 14.7 Å². The number of hydrogen-bond donors (Lipinski definition) is 1. The Kier molecular flexibility index (Phi) is 10.3. The predicted molar refractivity (Wildman–Crippen MR) is 121 cm³/mol. The predicted octanol–water partition coefficient (Wildman–Crippen LogP) is 3.84. The summed E-state index contributed by atoms with van der Waals surface area (Å²) in [6, 6.07) is 14.0. The number of carbonyl (C=O) groups is 3. The third-order valence-electron chi connectivity index (χ3n) is 3.78. The molecule has 31 heavy (non-hydrogen) atoms. The zero-order valence-electron chi connectivity index (χ0n) is 17.2. The lowest BCUT2D eigenvalue weighted by Crippen LogP contribution is -2.11. The maximum atomic E-state index is 12.3. The molecule has 0 amide bonds. The molecular weight excluding hydrogens is 438 g/mol. The second-order valence-corrected chi connectivity index (χ2v) is 8.58. The van der Waals surface area contributed by atoms with Crippen molar-refractivity contribution in [2.24, 2.45) is 5.16 Å². The first-order valence-electron chi connectivity index (χ1n) is 9.41. The Labute approximate surface area is 189 Å². The maximum Gasteiger partial charge on any atom is 0.338 e. The fourth-order valence-electron chi connectivity index (χ4n) is 2.30. The highest BCUT2D eigenvalue weighted by Gasteiger charge is 2.11. The fourth-order valence-corrected chi connectivity index (χ4v) is 3.65. The Morgan fingerprint density at radius 3 is 2.03 bits per heavy atom. The number of ketones is 1. The van der Waals surface area contributed by atoms with Crippen molar-refractivity contribution in [3.05, 3.63) is 59.7 Å². The molecular formula is C22H23NO6S2. The number of Topliss-reactive ketones (excluding diaryl/α,β-unsaturated/α-hetero) is 1. The van der Waals surface area contributed by atoms with E-state index in [9.17, 15) is 14.4 Å². The summed E-state index contributed by atoms with van der Waals surface area (Å²) in [5, 5.41) is 12.2. The largest absolute Gasteiger partial charge is 0.461 e. The fraction of sp³-hybridized carbons (Fsp3) is 0.273. The van der Waals surface area contributed by atoms with Gasteiger partial charge in [0.1, 0.15) is 12.3 Å². The van der Waals surface area contributed by atoms with Crippen molar-refractivity contribution in [3.63, 3.8) is 0 Å². The third-order valence-corrected chi connectivity index (χ3v) is 5.72. The van der Waals surface area contributed by atoms with Gasteiger partial charge in [0.25, 0.3) is 0 Å². The van der Waals surface area contributed by atoms with Crippen LogP contribution < -0.4 is 0 Å². The van der Waals surface area contributed by atoms with Crippen molar-refractivity contribution in [3.8, 4) is 0 Å². The molecule has 0 aliphatic rings. The van der Waals surface area contributed by atoms with E-state index >= 15 is 0 Å². The summed E-state index contributed by atoms with van der Waals surface area (Å²) in [6.45, 7) is 3.11. The quantitative estimate of drug-likeness (QED) is 0.134. The highest BCUT2D eigenvalue weighted by Crippen LogP contribution is 2.28. The van der Waals surface area contributed by atoms with Crippen LogP contribution in [0.5, 0.6) is 0 Å². The first kappa shape index (κ1) is 24.6. The monoisotopic (exact) mass is 461 g/mol. The van der Waals surface area contributed by atoms with Crippen LogP contribution in [0, 0.1) is 0 Å². The number of nitrogens with zero attached hydrogens (tertiary/aromatic N) is 1. The molecule has 164 valence electrons. The highest BCUT2D eigenvalue weighted by molar-refractivity contribution is 7.99. The molecule has 0 radical (unpaired) electrons. The van der Waals surface area contributed by atoms with Crippen molar-refractivity contribution in [1.29, 1.82) is 0 Å². The molecule has 1 N–H and O–H groups in total. The minimum atomic E-state index is -0.588. The maximum absolute atomic E-state index is 12.3. The van der Waals surface area contributed by atoms with Gasteiger partial charge >= 0.3 is 11.9 Å². The van der Waals surface area contributed by atoms with E-state index in [-0.39, 0.29) is 24.1 Å². The van der Waals surface area contributed by atoms with E-state index in [0.717, 1.165) is 9.79 Å². The van der Waals surface area contributed by atoms with Gasteiger partial charge in [0, 0.05) is 33.8 Å². The van der Waals surface area contributed by atoms with E-state index < -0.39 is 5.97 Å². The summed E-state index contributed by atoms with van der Waals surface area (Å²) in [6.07, 6.45) is 0. The number of carbonyl (C=O) groups excluding carboxylic acids is 3. The van der Waals surface area contributed by atoms with Crippen LogP contribution in [0.15, 0.2) is 63.5 Å². The number of aliphatic hydroxyl groups is 1. The number of benzene rings is 2. The Morgan fingerprint density at radius 2 is 1.48 bits per heavy atom. The molecule has 0 aromatic heterocycles. The molecule has 0 saturated carbocycles. The van der Waals surface area contributed by atoms with E-state index in [4.69, 9.17) is 9.84 Å². The molecule has 0 spiro atoms. The molecule has 0 aliphatic heterocycles. The van der Waals surface area contributed by atoms with Gasteiger partial charge in [-0.25, -0.2) is 9.59 Å². The lowest BCUT2D eigenvalue weighted by Gasteiger charge is -2.06. The van der Waals surface area contributed by atoms with Gasteiger partial charge in [-0.05, 0) is 55.5 Å². The average molecular weight is 462 g/mol. The van der Waals surface area contributed by atoms with Crippen LogP contribution >= 0.6 is 23.5 Å². The number of hydrogen-bond acceptors (Lipinski definition) is 9. The van der Waals surface area contributed by atoms with Gasteiger partial charge in [-0.15, -0.1) is 0 Å². The van der Waals surface area contributed by atoms with E-state index in [1.54, 1.807) is 24.3 Å². The lowest BCUT2D eigenvalue weighted by molar-refractivity contribution is -0.140. The Balaban J connectivity index is 1.90. The topological polar surface area (TPSA) is 102 Å². The number of aliphatic hydroxyl groups excluding tert-OH is 1. The molecule has 2 aromatic carbocycles. The van der Waals surface area contributed by atoms with Crippen LogP contribution in [0.25, 0.3) is 0 Å². The van der Waals surface area contributed by atoms with Crippen LogP contribution in [0.3, 0.4) is 0 Å². The first-order valence-corrected chi connectivity index (χ1v) is 11.4. The zero-order chi connectivity index (χ0) is 22.6. The molecule has 0 unspecified atom stereocenters. The third kappa shape index (κ3) is 8.56. The van der Waals surface area contributed by atoms with Crippen LogP contribution in [0.2, 0.25) is 0 Å². The second-order valence-electron chi connectivity index (χ2n) is 6.21. The molecule has 2 rings (SSSR count). The van der Waals surface area contributed by atoms with Crippen LogP contribution in [0.1, 0.15) is 34.6 Å². The molecule has 7 nitrogen and oxygen atoms in total. The van der Waals surface area contributed by atoms with Crippen molar-refractivity contribution in [2.45, 2.75) is 23.6 Å². The highest BCUT2D eigenvalue weighted by atomic mass is 32.2. The Bertz CT molecular complexity index is 926. The second kappa shape index (κ2) is 12.9. The minimum Gasteiger partial charge on any atom is -0.461 e. The van der Waals surface area contributed by atoms with Gasteiger partial charge in [-0.2, -0.15) is 11.8 Å². The normalized spacial score (nSPS) is 11.1. The van der Waals surface area contributed by atoms with Crippen molar-refractivity contribution in [2.75, 3.05) is 24.7 Å². The van der Waals surface area contributed by atoms with Crippen molar-refractivity contribution >= 4 is 47.0 Å². The van der Waals surface area contributed by atoms with E-state index in [0.29, 0.717) is 29.2 Å². The smallest absolute Gasteiger partial charge is 0.338 e. The first-order chi connectivity index (χ1) is 14.9. The number of oxime groups is 1. The van der Waals surface area contributed by atoms with Crippen LogP contribution in [0.4, 0.5) is 0 Å². The molecule has 0 bridgehead atoms. The molecule has 0 aliphatic carbocycles. The number of thioether (sulfide) groups is 1. The van der Waals surface area contributed by atoms with Gasteiger partial charge in [-0.3, -0.25) is 4.79 Å². The minimum absolute atomic E-state index is 0.0880. The lowest BCUT2D eigenvalue weighted by atomic mass is 10.1. The summed E-state index contributed by atoms with van der Waals surface area (Å²) in [7, 11) is 0. The van der Waals surface area contributed by atoms with Gasteiger partial charge in [-0.1, -0.05) is 16.9 Å². The Hall–Kier alpha value is -2.62. The molecule has 0 fully saturated rings. The van der Waals surface area contributed by atoms with Gasteiger partial charge in [0.2, 0.25) is 5.78 Å². The molecule has 0 atom stereocenters.